The van der Waals surface area contributed by atoms with Crippen LogP contribution in [0.4, 0.5) is 0 Å². The summed E-state index contributed by atoms with van der Waals surface area (Å²) in [5.74, 6) is 0.756. The van der Waals surface area contributed by atoms with Crippen LogP contribution in [0.1, 0.15) is 45.2 Å². The Morgan fingerprint density at radius 2 is 0.964 bits per heavy atom. The van der Waals surface area contributed by atoms with Crippen molar-refractivity contribution in [2.45, 2.75) is 38.5 Å². The molecule has 4 rings (SSSR count). The lowest BCUT2D eigenvalue weighted by Gasteiger charge is -2.30. The van der Waals surface area contributed by atoms with E-state index in [1.54, 1.807) is 0 Å². The summed E-state index contributed by atoms with van der Waals surface area (Å²) in [4.78, 5) is 0. The third-order valence-electron chi connectivity index (χ3n) is 5.99. The minimum Gasteiger partial charge on any atom is -0.507 e. The zero-order valence-corrected chi connectivity index (χ0v) is 16.4. The third kappa shape index (κ3) is 3.31. The van der Waals surface area contributed by atoms with Crippen LogP contribution in [0.3, 0.4) is 0 Å². The van der Waals surface area contributed by atoms with Crippen LogP contribution in [0.15, 0.2) is 72.8 Å². The van der Waals surface area contributed by atoms with Crippen molar-refractivity contribution < 1.29 is 10.2 Å². The SMILES string of the molecule is Cc1c(C)c(O)c2c(c1O)C(Cc1ccccc1)C=CC2Cc1ccccc1. The molecule has 1 aliphatic carbocycles. The van der Waals surface area contributed by atoms with Crippen LogP contribution in [-0.4, -0.2) is 10.2 Å². The lowest BCUT2D eigenvalue weighted by molar-refractivity contribution is 0.433. The van der Waals surface area contributed by atoms with E-state index in [1.807, 2.05) is 50.2 Å². The Morgan fingerprint density at radius 3 is 1.32 bits per heavy atom. The van der Waals surface area contributed by atoms with Crippen LogP contribution < -0.4 is 0 Å². The molecule has 2 heteroatoms. The maximum Gasteiger partial charge on any atom is 0.123 e. The van der Waals surface area contributed by atoms with Gasteiger partial charge in [-0.05, 0) is 48.9 Å². The maximum absolute atomic E-state index is 11.0. The van der Waals surface area contributed by atoms with E-state index in [0.717, 1.165) is 35.1 Å². The van der Waals surface area contributed by atoms with Crippen molar-refractivity contribution in [1.82, 2.24) is 0 Å². The van der Waals surface area contributed by atoms with E-state index in [2.05, 4.69) is 36.4 Å². The molecule has 2 N–H and O–H groups in total. The van der Waals surface area contributed by atoms with Gasteiger partial charge in [-0.2, -0.15) is 0 Å². The lowest BCUT2D eigenvalue weighted by atomic mass is 9.75. The van der Waals surface area contributed by atoms with Crippen LogP contribution in [-0.2, 0) is 12.8 Å². The van der Waals surface area contributed by atoms with E-state index in [9.17, 15) is 10.2 Å². The normalized spacial score (nSPS) is 18.1. The molecule has 0 aliphatic heterocycles. The maximum atomic E-state index is 11.0. The summed E-state index contributed by atoms with van der Waals surface area (Å²) < 4.78 is 0. The molecule has 2 atom stereocenters. The predicted molar refractivity (Wildman–Crippen MR) is 114 cm³/mol. The number of aromatic hydroxyl groups is 2. The summed E-state index contributed by atoms with van der Waals surface area (Å²) in [6.45, 7) is 3.77. The molecule has 0 heterocycles. The van der Waals surface area contributed by atoms with Crippen molar-refractivity contribution in [3.63, 3.8) is 0 Å². The third-order valence-corrected chi connectivity index (χ3v) is 5.99. The van der Waals surface area contributed by atoms with Gasteiger partial charge >= 0.3 is 0 Å². The van der Waals surface area contributed by atoms with Crippen molar-refractivity contribution in [3.8, 4) is 11.5 Å². The van der Waals surface area contributed by atoms with Gasteiger partial charge in [0.05, 0.1) is 0 Å². The van der Waals surface area contributed by atoms with E-state index in [0.29, 0.717) is 11.5 Å². The molecule has 0 spiro atoms. The standard InChI is InChI=1S/C26H26O2/c1-17-18(2)26(28)24-22(16-20-11-7-4-8-12-20)14-13-21(23(24)25(17)27)15-19-9-5-3-6-10-19/h3-14,21-22,27-28H,15-16H2,1-2H3. The zero-order valence-electron chi connectivity index (χ0n) is 16.4. The molecule has 0 fully saturated rings. The highest BCUT2D eigenvalue weighted by Crippen LogP contribution is 2.49. The first-order chi connectivity index (χ1) is 13.6. The summed E-state index contributed by atoms with van der Waals surface area (Å²) in [6.07, 6.45) is 6.02. The molecular formula is C26H26O2. The largest absolute Gasteiger partial charge is 0.507 e. The van der Waals surface area contributed by atoms with Gasteiger partial charge in [0.1, 0.15) is 11.5 Å². The summed E-state index contributed by atoms with van der Waals surface area (Å²) in [6, 6.07) is 20.6. The molecule has 142 valence electrons. The first kappa shape index (κ1) is 18.4. The summed E-state index contributed by atoms with van der Waals surface area (Å²) in [7, 11) is 0. The number of phenols is 2. The highest BCUT2D eigenvalue weighted by molar-refractivity contribution is 5.63. The molecule has 3 aromatic carbocycles. The van der Waals surface area contributed by atoms with Crippen LogP contribution in [0, 0.1) is 13.8 Å². The van der Waals surface area contributed by atoms with Gasteiger partial charge in [0.15, 0.2) is 0 Å². The summed E-state index contributed by atoms with van der Waals surface area (Å²) >= 11 is 0. The van der Waals surface area contributed by atoms with Gasteiger partial charge in [-0.3, -0.25) is 0 Å². The van der Waals surface area contributed by atoms with Crippen molar-refractivity contribution in [3.05, 3.63) is 106 Å². The van der Waals surface area contributed by atoms with Gasteiger partial charge < -0.3 is 10.2 Å². The van der Waals surface area contributed by atoms with Gasteiger partial charge in [0.25, 0.3) is 0 Å². The molecule has 2 unspecified atom stereocenters. The van der Waals surface area contributed by atoms with E-state index >= 15 is 0 Å². The average Bonchev–Trinajstić information content (AvgIpc) is 2.73. The van der Waals surface area contributed by atoms with E-state index < -0.39 is 0 Å². The Bertz CT molecular complexity index is 921. The monoisotopic (exact) mass is 370 g/mol. The predicted octanol–water partition coefficient (Wildman–Crippen LogP) is 5.94. The van der Waals surface area contributed by atoms with Gasteiger partial charge in [-0.25, -0.2) is 0 Å². The van der Waals surface area contributed by atoms with Crippen molar-refractivity contribution in [2.75, 3.05) is 0 Å². The highest BCUT2D eigenvalue weighted by Gasteiger charge is 2.31. The van der Waals surface area contributed by atoms with Crippen LogP contribution in [0.2, 0.25) is 0 Å². The Kier molecular flexibility index (Phi) is 4.95. The van der Waals surface area contributed by atoms with Crippen LogP contribution >= 0.6 is 0 Å². The fraction of sp³-hybridized carbons (Fsp3) is 0.231. The molecule has 0 saturated heterocycles. The molecule has 3 aromatic rings. The molecular weight excluding hydrogens is 344 g/mol. The van der Waals surface area contributed by atoms with Crippen molar-refractivity contribution in [1.29, 1.82) is 0 Å². The molecule has 28 heavy (non-hydrogen) atoms. The number of phenolic OH excluding ortho intramolecular Hbond substituents is 2. The molecule has 0 bridgehead atoms. The minimum atomic E-state index is 0.0506. The second-order valence-electron chi connectivity index (χ2n) is 7.75. The van der Waals surface area contributed by atoms with Crippen LogP contribution in [0.5, 0.6) is 11.5 Å². The quantitative estimate of drug-likeness (QED) is 0.441. The number of fused-ring (bicyclic) bond motifs is 1. The summed E-state index contributed by atoms with van der Waals surface area (Å²) in [5, 5.41) is 22.1. The molecule has 2 nitrogen and oxygen atoms in total. The Hall–Kier alpha value is -3.00. The van der Waals surface area contributed by atoms with Crippen LogP contribution in [0.25, 0.3) is 0 Å². The number of hydrogen-bond donors (Lipinski definition) is 2. The Labute approximate surface area is 166 Å². The minimum absolute atomic E-state index is 0.0506. The zero-order chi connectivity index (χ0) is 19.7. The first-order valence-corrected chi connectivity index (χ1v) is 9.87. The fourth-order valence-corrected chi connectivity index (χ4v) is 4.30. The number of hydrogen-bond acceptors (Lipinski definition) is 2. The molecule has 0 aromatic heterocycles. The van der Waals surface area contributed by atoms with E-state index in [4.69, 9.17) is 0 Å². The number of allylic oxidation sites excluding steroid dienone is 2. The van der Waals surface area contributed by atoms with Gasteiger partial charge in [-0.1, -0.05) is 72.8 Å². The fourth-order valence-electron chi connectivity index (χ4n) is 4.30. The first-order valence-electron chi connectivity index (χ1n) is 9.87. The highest BCUT2D eigenvalue weighted by atomic mass is 16.3. The van der Waals surface area contributed by atoms with Gasteiger partial charge in [0.2, 0.25) is 0 Å². The van der Waals surface area contributed by atoms with Gasteiger partial charge in [-0.15, -0.1) is 0 Å². The molecule has 0 amide bonds. The van der Waals surface area contributed by atoms with Crippen molar-refractivity contribution >= 4 is 0 Å². The van der Waals surface area contributed by atoms with Gasteiger partial charge in [0, 0.05) is 23.0 Å². The topological polar surface area (TPSA) is 40.5 Å². The Morgan fingerprint density at radius 1 is 0.607 bits per heavy atom. The number of rotatable bonds is 4. The number of benzene rings is 3. The van der Waals surface area contributed by atoms with Crippen molar-refractivity contribution in [2.24, 2.45) is 0 Å². The Balaban J connectivity index is 1.80. The van der Waals surface area contributed by atoms with E-state index in [-0.39, 0.29) is 11.8 Å². The van der Waals surface area contributed by atoms with E-state index in [1.165, 1.54) is 11.1 Å². The average molecular weight is 370 g/mol. The smallest absolute Gasteiger partial charge is 0.123 e. The second kappa shape index (κ2) is 7.55. The summed E-state index contributed by atoms with van der Waals surface area (Å²) in [5.41, 5.74) is 5.75. The molecule has 1 aliphatic rings. The molecule has 0 saturated carbocycles. The lowest BCUT2D eigenvalue weighted by Crippen LogP contribution is -2.15. The molecule has 0 radical (unpaired) electrons. The second-order valence-corrected chi connectivity index (χ2v) is 7.75.